The lowest BCUT2D eigenvalue weighted by atomic mass is 10.3. The summed E-state index contributed by atoms with van der Waals surface area (Å²) in [5.41, 5.74) is 0. The van der Waals surface area contributed by atoms with Gasteiger partial charge >= 0.3 is 0 Å². The molecule has 1 amide bonds. The summed E-state index contributed by atoms with van der Waals surface area (Å²) in [6.45, 7) is 4.60. The van der Waals surface area contributed by atoms with E-state index in [0.29, 0.717) is 24.8 Å². The first-order valence-corrected chi connectivity index (χ1v) is 7.90. The number of hydrogen-bond acceptors (Lipinski definition) is 6. The predicted molar refractivity (Wildman–Crippen MR) is 90.2 cm³/mol. The van der Waals surface area contributed by atoms with Crippen molar-refractivity contribution in [3.8, 4) is 5.75 Å². The van der Waals surface area contributed by atoms with E-state index in [2.05, 4.69) is 20.2 Å². The highest BCUT2D eigenvalue weighted by atomic mass is 16.5. The van der Waals surface area contributed by atoms with Crippen molar-refractivity contribution in [2.75, 3.05) is 36.5 Å². The first kappa shape index (κ1) is 16.2. The van der Waals surface area contributed by atoms with Gasteiger partial charge in [-0.3, -0.25) is 4.79 Å². The number of rotatable bonds is 5. The first-order valence-electron chi connectivity index (χ1n) is 7.90. The summed E-state index contributed by atoms with van der Waals surface area (Å²) in [5, 5.41) is 2.77. The minimum Gasteiger partial charge on any atom is -0.481 e. The second-order valence-electron chi connectivity index (χ2n) is 5.42. The van der Waals surface area contributed by atoms with Crippen molar-refractivity contribution in [1.29, 1.82) is 0 Å². The number of morpholine rings is 1. The van der Waals surface area contributed by atoms with Gasteiger partial charge in [-0.15, -0.1) is 0 Å². The van der Waals surface area contributed by atoms with Crippen LogP contribution in [0.4, 0.5) is 11.6 Å². The van der Waals surface area contributed by atoms with Crippen LogP contribution in [-0.4, -0.2) is 48.3 Å². The molecule has 0 bridgehead atoms. The molecule has 126 valence electrons. The van der Waals surface area contributed by atoms with E-state index in [9.17, 15) is 4.79 Å². The first-order chi connectivity index (χ1) is 11.7. The van der Waals surface area contributed by atoms with E-state index in [1.54, 1.807) is 13.0 Å². The van der Waals surface area contributed by atoms with Crippen LogP contribution >= 0.6 is 0 Å². The van der Waals surface area contributed by atoms with Crippen LogP contribution < -0.4 is 15.0 Å². The zero-order chi connectivity index (χ0) is 16.8. The van der Waals surface area contributed by atoms with Gasteiger partial charge in [-0.25, -0.2) is 9.97 Å². The standard InChI is InChI=1S/C17H20N4O3/c1-13(24-14-5-3-2-4-6-14)17(22)20-15-11-16(19-12-18-15)21-7-9-23-10-8-21/h2-6,11-13H,7-10H2,1H3,(H,18,19,20,22). The van der Waals surface area contributed by atoms with Crippen molar-refractivity contribution in [3.63, 3.8) is 0 Å². The predicted octanol–water partition coefficient (Wildman–Crippen LogP) is 1.72. The van der Waals surface area contributed by atoms with Crippen LogP contribution in [0.1, 0.15) is 6.92 Å². The quantitative estimate of drug-likeness (QED) is 0.900. The molecule has 24 heavy (non-hydrogen) atoms. The number of nitrogens with one attached hydrogen (secondary N) is 1. The van der Waals surface area contributed by atoms with Gasteiger partial charge in [0.15, 0.2) is 6.10 Å². The van der Waals surface area contributed by atoms with E-state index in [4.69, 9.17) is 9.47 Å². The van der Waals surface area contributed by atoms with Crippen molar-refractivity contribution >= 4 is 17.5 Å². The Labute approximate surface area is 140 Å². The van der Waals surface area contributed by atoms with Crippen LogP contribution in [0, 0.1) is 0 Å². The molecule has 7 heteroatoms. The van der Waals surface area contributed by atoms with Gasteiger partial charge in [0.05, 0.1) is 13.2 Å². The molecule has 0 saturated carbocycles. The molecule has 1 saturated heterocycles. The van der Waals surface area contributed by atoms with E-state index >= 15 is 0 Å². The number of carbonyl (C=O) groups excluding carboxylic acids is 1. The second kappa shape index (κ2) is 7.74. The van der Waals surface area contributed by atoms with Gasteiger partial charge in [0, 0.05) is 19.2 Å². The molecule has 2 aromatic rings. The van der Waals surface area contributed by atoms with Crippen molar-refractivity contribution in [1.82, 2.24) is 9.97 Å². The fourth-order valence-corrected chi connectivity index (χ4v) is 2.37. The molecule has 0 spiro atoms. The smallest absolute Gasteiger partial charge is 0.266 e. The molecule has 7 nitrogen and oxygen atoms in total. The van der Waals surface area contributed by atoms with Crippen LogP contribution in [0.2, 0.25) is 0 Å². The number of anilines is 2. The molecular weight excluding hydrogens is 308 g/mol. The number of hydrogen-bond donors (Lipinski definition) is 1. The molecule has 1 aromatic carbocycles. The highest BCUT2D eigenvalue weighted by Crippen LogP contribution is 2.16. The minimum atomic E-state index is -0.630. The highest BCUT2D eigenvalue weighted by Gasteiger charge is 2.17. The Hall–Kier alpha value is -2.67. The largest absolute Gasteiger partial charge is 0.481 e. The third kappa shape index (κ3) is 4.20. The fourth-order valence-electron chi connectivity index (χ4n) is 2.37. The lowest BCUT2D eigenvalue weighted by molar-refractivity contribution is -0.122. The molecule has 1 aliphatic heterocycles. The van der Waals surface area contributed by atoms with Crippen LogP contribution in [0.25, 0.3) is 0 Å². The van der Waals surface area contributed by atoms with Crippen LogP contribution in [0.5, 0.6) is 5.75 Å². The molecule has 3 rings (SSSR count). The van der Waals surface area contributed by atoms with Crippen molar-refractivity contribution in [2.24, 2.45) is 0 Å². The minimum absolute atomic E-state index is 0.259. The molecule has 1 N–H and O–H groups in total. The summed E-state index contributed by atoms with van der Waals surface area (Å²) in [6, 6.07) is 11.0. The number of para-hydroxylation sites is 1. The maximum atomic E-state index is 12.3. The molecule has 1 fully saturated rings. The number of carbonyl (C=O) groups is 1. The average molecular weight is 328 g/mol. The van der Waals surface area contributed by atoms with Crippen LogP contribution in [0.3, 0.4) is 0 Å². The maximum absolute atomic E-state index is 12.3. The molecule has 0 aliphatic carbocycles. The maximum Gasteiger partial charge on any atom is 0.266 e. The van der Waals surface area contributed by atoms with E-state index in [0.717, 1.165) is 18.9 Å². The Bertz CT molecular complexity index is 675. The third-order valence-corrected chi connectivity index (χ3v) is 3.66. The van der Waals surface area contributed by atoms with E-state index in [-0.39, 0.29) is 5.91 Å². The number of benzene rings is 1. The van der Waals surface area contributed by atoms with Gasteiger partial charge in [0.1, 0.15) is 23.7 Å². The monoisotopic (exact) mass is 328 g/mol. The molecule has 1 unspecified atom stereocenters. The molecular formula is C17H20N4O3. The summed E-state index contributed by atoms with van der Waals surface area (Å²) in [6.07, 6.45) is 0.817. The molecule has 1 aliphatic rings. The van der Waals surface area contributed by atoms with E-state index in [1.165, 1.54) is 6.33 Å². The van der Waals surface area contributed by atoms with Crippen molar-refractivity contribution < 1.29 is 14.3 Å². The van der Waals surface area contributed by atoms with Gasteiger partial charge in [-0.05, 0) is 19.1 Å². The summed E-state index contributed by atoms with van der Waals surface area (Å²) < 4.78 is 10.9. The number of amides is 1. The van der Waals surface area contributed by atoms with Crippen molar-refractivity contribution in [3.05, 3.63) is 42.7 Å². The lowest BCUT2D eigenvalue weighted by Gasteiger charge is -2.27. The SMILES string of the molecule is CC(Oc1ccccc1)C(=O)Nc1cc(N2CCOCC2)ncn1. The summed E-state index contributed by atoms with van der Waals surface area (Å²) in [5.74, 6) is 1.63. The van der Waals surface area contributed by atoms with Gasteiger partial charge in [-0.1, -0.05) is 18.2 Å². The highest BCUT2D eigenvalue weighted by molar-refractivity contribution is 5.93. The zero-order valence-corrected chi connectivity index (χ0v) is 13.5. The fraction of sp³-hybridized carbons (Fsp3) is 0.353. The average Bonchev–Trinajstić information content (AvgIpc) is 2.63. The molecule has 1 atom stereocenters. The molecule has 2 heterocycles. The van der Waals surface area contributed by atoms with Crippen molar-refractivity contribution in [2.45, 2.75) is 13.0 Å². The lowest BCUT2D eigenvalue weighted by Crippen LogP contribution is -2.37. The van der Waals surface area contributed by atoms with E-state index in [1.807, 2.05) is 30.3 Å². The molecule has 1 aromatic heterocycles. The van der Waals surface area contributed by atoms with E-state index < -0.39 is 6.10 Å². The topological polar surface area (TPSA) is 76.6 Å². The Balaban J connectivity index is 1.61. The zero-order valence-electron chi connectivity index (χ0n) is 13.5. The molecule has 0 radical (unpaired) electrons. The van der Waals surface area contributed by atoms with Crippen LogP contribution in [-0.2, 0) is 9.53 Å². The Morgan fingerprint density at radius 1 is 1.25 bits per heavy atom. The normalized spacial score (nSPS) is 15.6. The Morgan fingerprint density at radius 3 is 2.75 bits per heavy atom. The van der Waals surface area contributed by atoms with Crippen LogP contribution in [0.15, 0.2) is 42.7 Å². The number of aromatic nitrogens is 2. The van der Waals surface area contributed by atoms with Gasteiger partial charge in [0.2, 0.25) is 0 Å². The van der Waals surface area contributed by atoms with Gasteiger partial charge in [0.25, 0.3) is 5.91 Å². The summed E-state index contributed by atoms with van der Waals surface area (Å²) >= 11 is 0. The second-order valence-corrected chi connectivity index (χ2v) is 5.42. The van der Waals surface area contributed by atoms with Gasteiger partial charge < -0.3 is 19.7 Å². The van der Waals surface area contributed by atoms with Gasteiger partial charge in [-0.2, -0.15) is 0 Å². The number of ether oxygens (including phenoxy) is 2. The summed E-state index contributed by atoms with van der Waals surface area (Å²) in [4.78, 5) is 22.7. The number of nitrogens with zero attached hydrogens (tertiary/aromatic N) is 3. The third-order valence-electron chi connectivity index (χ3n) is 3.66. The Kier molecular flexibility index (Phi) is 5.22. The summed E-state index contributed by atoms with van der Waals surface area (Å²) in [7, 11) is 0. The Morgan fingerprint density at radius 2 is 2.00 bits per heavy atom.